The van der Waals surface area contributed by atoms with Gasteiger partial charge in [0.1, 0.15) is 6.04 Å². The lowest BCUT2D eigenvalue weighted by Gasteiger charge is -2.23. The fraction of sp³-hybridized carbons (Fsp3) is 0.917. The predicted molar refractivity (Wildman–Crippen MR) is 60.6 cm³/mol. The molecule has 1 saturated carbocycles. The first kappa shape index (κ1) is 12.5. The number of nitrogens with one attached hydrogen (secondary N) is 1. The fourth-order valence-electron chi connectivity index (χ4n) is 2.26. The van der Waals surface area contributed by atoms with Crippen LogP contribution in [0.15, 0.2) is 0 Å². The van der Waals surface area contributed by atoms with Crippen LogP contribution in [0, 0.1) is 11.8 Å². The Morgan fingerprint density at radius 1 is 1.47 bits per heavy atom. The van der Waals surface area contributed by atoms with E-state index in [0.717, 1.165) is 5.92 Å². The van der Waals surface area contributed by atoms with E-state index in [1.54, 1.807) is 0 Å². The SMILES string of the molecule is CCOC(=O)C(C)NC1CCC(C)C1C. The van der Waals surface area contributed by atoms with Gasteiger partial charge in [0.25, 0.3) is 0 Å². The smallest absolute Gasteiger partial charge is 0.322 e. The number of esters is 1. The Balaban J connectivity index is 2.38. The van der Waals surface area contributed by atoms with Crippen LogP contribution in [0.3, 0.4) is 0 Å². The molecule has 1 aliphatic carbocycles. The second-order valence-electron chi connectivity index (χ2n) is 4.66. The molecule has 0 radical (unpaired) electrons. The maximum absolute atomic E-state index is 11.4. The summed E-state index contributed by atoms with van der Waals surface area (Å²) in [5.41, 5.74) is 0. The van der Waals surface area contributed by atoms with Crippen LogP contribution in [-0.4, -0.2) is 24.7 Å². The first-order valence-corrected chi connectivity index (χ1v) is 5.99. The maximum Gasteiger partial charge on any atom is 0.322 e. The van der Waals surface area contributed by atoms with Crippen molar-refractivity contribution in [3.05, 3.63) is 0 Å². The molecule has 0 aromatic heterocycles. The largest absolute Gasteiger partial charge is 0.465 e. The highest BCUT2D eigenvalue weighted by Crippen LogP contribution is 2.31. The number of hydrogen-bond donors (Lipinski definition) is 1. The Kier molecular flexibility index (Phi) is 4.58. The summed E-state index contributed by atoms with van der Waals surface area (Å²) in [6, 6.07) is 0.294. The molecule has 3 nitrogen and oxygen atoms in total. The summed E-state index contributed by atoms with van der Waals surface area (Å²) in [6.45, 7) is 8.72. The van der Waals surface area contributed by atoms with E-state index in [-0.39, 0.29) is 12.0 Å². The lowest BCUT2D eigenvalue weighted by molar-refractivity contribution is -0.145. The highest BCUT2D eigenvalue weighted by atomic mass is 16.5. The van der Waals surface area contributed by atoms with E-state index < -0.39 is 0 Å². The molecule has 88 valence electrons. The van der Waals surface area contributed by atoms with E-state index in [0.29, 0.717) is 18.6 Å². The Bertz CT molecular complexity index is 218. The summed E-state index contributed by atoms with van der Waals surface area (Å²) in [5, 5.41) is 3.37. The van der Waals surface area contributed by atoms with Crippen molar-refractivity contribution < 1.29 is 9.53 Å². The molecule has 0 heterocycles. The number of hydrogen-bond acceptors (Lipinski definition) is 3. The number of ether oxygens (including phenoxy) is 1. The standard InChI is InChI=1S/C12H23NO2/c1-5-15-12(14)10(4)13-11-7-6-8(2)9(11)3/h8-11,13H,5-7H2,1-4H3. The van der Waals surface area contributed by atoms with Crippen LogP contribution >= 0.6 is 0 Å². The third kappa shape index (κ3) is 3.20. The molecule has 0 aromatic rings. The lowest BCUT2D eigenvalue weighted by Crippen LogP contribution is -2.43. The van der Waals surface area contributed by atoms with E-state index in [2.05, 4.69) is 19.2 Å². The van der Waals surface area contributed by atoms with Gasteiger partial charge >= 0.3 is 5.97 Å². The minimum atomic E-state index is -0.178. The Morgan fingerprint density at radius 2 is 2.13 bits per heavy atom. The molecule has 1 fully saturated rings. The molecule has 1 aliphatic rings. The molecule has 15 heavy (non-hydrogen) atoms. The van der Waals surface area contributed by atoms with Crippen molar-refractivity contribution in [3.8, 4) is 0 Å². The molecule has 0 bridgehead atoms. The summed E-state index contributed by atoms with van der Waals surface area (Å²) >= 11 is 0. The zero-order valence-electron chi connectivity index (χ0n) is 10.2. The van der Waals surface area contributed by atoms with Crippen molar-refractivity contribution >= 4 is 5.97 Å². The van der Waals surface area contributed by atoms with Gasteiger partial charge in [0, 0.05) is 6.04 Å². The number of rotatable bonds is 4. The van der Waals surface area contributed by atoms with E-state index >= 15 is 0 Å². The van der Waals surface area contributed by atoms with Crippen molar-refractivity contribution in [1.82, 2.24) is 5.32 Å². The van der Waals surface area contributed by atoms with Gasteiger partial charge in [-0.15, -0.1) is 0 Å². The van der Waals surface area contributed by atoms with Crippen molar-refractivity contribution in [2.45, 2.75) is 52.6 Å². The molecule has 0 spiro atoms. The van der Waals surface area contributed by atoms with Gasteiger partial charge in [-0.25, -0.2) is 0 Å². The van der Waals surface area contributed by atoms with Crippen LogP contribution in [0.2, 0.25) is 0 Å². The zero-order chi connectivity index (χ0) is 11.4. The van der Waals surface area contributed by atoms with Gasteiger partial charge in [-0.3, -0.25) is 4.79 Å². The van der Waals surface area contributed by atoms with E-state index in [1.807, 2.05) is 13.8 Å². The van der Waals surface area contributed by atoms with Crippen LogP contribution in [-0.2, 0) is 9.53 Å². The molecule has 4 unspecified atom stereocenters. The van der Waals surface area contributed by atoms with Crippen LogP contribution in [0.25, 0.3) is 0 Å². The average molecular weight is 213 g/mol. The van der Waals surface area contributed by atoms with Crippen LogP contribution in [0.1, 0.15) is 40.5 Å². The van der Waals surface area contributed by atoms with E-state index in [4.69, 9.17) is 4.74 Å². The maximum atomic E-state index is 11.4. The van der Waals surface area contributed by atoms with Gasteiger partial charge in [0.15, 0.2) is 0 Å². The quantitative estimate of drug-likeness (QED) is 0.725. The molecule has 0 saturated heterocycles. The van der Waals surface area contributed by atoms with Gasteiger partial charge in [0.05, 0.1) is 6.61 Å². The Morgan fingerprint density at radius 3 is 2.60 bits per heavy atom. The first-order chi connectivity index (χ1) is 7.06. The summed E-state index contributed by atoms with van der Waals surface area (Å²) in [5.74, 6) is 1.28. The summed E-state index contributed by atoms with van der Waals surface area (Å²) < 4.78 is 4.97. The van der Waals surface area contributed by atoms with Gasteiger partial charge in [0.2, 0.25) is 0 Å². The molecular weight excluding hydrogens is 190 g/mol. The molecular formula is C12H23NO2. The number of carbonyl (C=O) groups excluding carboxylic acids is 1. The average Bonchev–Trinajstić information content (AvgIpc) is 2.50. The molecule has 3 heteroatoms. The van der Waals surface area contributed by atoms with Gasteiger partial charge in [-0.1, -0.05) is 13.8 Å². The van der Waals surface area contributed by atoms with Gasteiger partial charge in [-0.2, -0.15) is 0 Å². The minimum absolute atomic E-state index is 0.135. The molecule has 1 N–H and O–H groups in total. The normalized spacial score (nSPS) is 32.7. The minimum Gasteiger partial charge on any atom is -0.465 e. The topological polar surface area (TPSA) is 38.3 Å². The lowest BCUT2D eigenvalue weighted by atomic mass is 9.97. The molecule has 1 rings (SSSR count). The summed E-state index contributed by atoms with van der Waals surface area (Å²) in [6.07, 6.45) is 2.43. The first-order valence-electron chi connectivity index (χ1n) is 5.99. The van der Waals surface area contributed by atoms with Crippen molar-refractivity contribution in [2.75, 3.05) is 6.61 Å². The Hall–Kier alpha value is -0.570. The fourth-order valence-corrected chi connectivity index (χ4v) is 2.26. The van der Waals surface area contributed by atoms with Gasteiger partial charge < -0.3 is 10.1 Å². The highest BCUT2D eigenvalue weighted by Gasteiger charge is 2.31. The van der Waals surface area contributed by atoms with Crippen molar-refractivity contribution in [3.63, 3.8) is 0 Å². The monoisotopic (exact) mass is 213 g/mol. The van der Waals surface area contributed by atoms with Crippen LogP contribution < -0.4 is 5.32 Å². The highest BCUT2D eigenvalue weighted by molar-refractivity contribution is 5.75. The second kappa shape index (κ2) is 5.50. The molecule has 0 aromatic carbocycles. The molecule has 4 atom stereocenters. The summed E-state index contributed by atoms with van der Waals surface area (Å²) in [7, 11) is 0. The predicted octanol–water partition coefficient (Wildman–Crippen LogP) is 1.96. The molecule has 0 aliphatic heterocycles. The second-order valence-corrected chi connectivity index (χ2v) is 4.66. The molecule has 0 amide bonds. The van der Waals surface area contributed by atoms with E-state index in [9.17, 15) is 4.79 Å². The van der Waals surface area contributed by atoms with Crippen molar-refractivity contribution in [1.29, 1.82) is 0 Å². The van der Waals surface area contributed by atoms with Crippen molar-refractivity contribution in [2.24, 2.45) is 11.8 Å². The number of carbonyl (C=O) groups is 1. The third-order valence-electron chi connectivity index (χ3n) is 3.57. The van der Waals surface area contributed by atoms with Crippen LogP contribution in [0.4, 0.5) is 0 Å². The van der Waals surface area contributed by atoms with Gasteiger partial charge in [-0.05, 0) is 38.5 Å². The van der Waals surface area contributed by atoms with Crippen LogP contribution in [0.5, 0.6) is 0 Å². The van der Waals surface area contributed by atoms with E-state index in [1.165, 1.54) is 12.8 Å². The summed E-state index contributed by atoms with van der Waals surface area (Å²) in [4.78, 5) is 11.4. The third-order valence-corrected chi connectivity index (χ3v) is 3.57. The zero-order valence-corrected chi connectivity index (χ0v) is 10.2. The Labute approximate surface area is 92.6 Å².